The number of alkyl halides is 3. The number of aryl methyl sites for hydroxylation is 1. The van der Waals surface area contributed by atoms with Gasteiger partial charge >= 0.3 is 6.18 Å². The van der Waals surface area contributed by atoms with Crippen molar-refractivity contribution in [2.45, 2.75) is 38.8 Å². The van der Waals surface area contributed by atoms with E-state index >= 15 is 0 Å². The standard InChI is InChI=1S/C26H25ClF3N5O2/c1-14(2)25(37)35-8-6-15(7-9-35)18-13-34(3)23-21(18)22(26(28,29)30)20(12-32-23)33-24(36)16-4-5-19(27)17(10-16)11-31/h4-5,10,12-15H,6-9H2,1-3H3,(H,33,36). The fourth-order valence-electron chi connectivity index (χ4n) is 4.80. The van der Waals surface area contributed by atoms with E-state index < -0.39 is 23.3 Å². The molecule has 7 nitrogen and oxygen atoms in total. The number of halogens is 4. The fourth-order valence-corrected chi connectivity index (χ4v) is 4.96. The summed E-state index contributed by atoms with van der Waals surface area (Å²) >= 11 is 5.91. The van der Waals surface area contributed by atoms with Crippen LogP contribution in [0.3, 0.4) is 0 Å². The van der Waals surface area contributed by atoms with Gasteiger partial charge in [0.15, 0.2) is 0 Å². The number of amides is 2. The number of likely N-dealkylation sites (tertiary alicyclic amines) is 1. The SMILES string of the molecule is CC(C)C(=O)N1CCC(c2cn(C)c3ncc(NC(=O)c4ccc(Cl)c(C#N)c4)c(C(F)(F)F)c23)CC1. The van der Waals surface area contributed by atoms with Gasteiger partial charge in [-0.3, -0.25) is 9.59 Å². The largest absolute Gasteiger partial charge is 0.419 e. The third-order valence-electron chi connectivity index (χ3n) is 6.64. The number of carbonyl (C=O) groups is 2. The summed E-state index contributed by atoms with van der Waals surface area (Å²) in [4.78, 5) is 31.2. The summed E-state index contributed by atoms with van der Waals surface area (Å²) in [5.74, 6) is -1.15. The van der Waals surface area contributed by atoms with E-state index in [0.29, 0.717) is 31.5 Å². The number of nitrogens with one attached hydrogen (secondary N) is 1. The number of anilines is 1. The molecule has 0 spiro atoms. The molecule has 37 heavy (non-hydrogen) atoms. The summed E-state index contributed by atoms with van der Waals surface area (Å²) in [6, 6.07) is 5.74. The van der Waals surface area contributed by atoms with Crippen LogP contribution in [-0.4, -0.2) is 39.4 Å². The van der Waals surface area contributed by atoms with E-state index in [9.17, 15) is 22.8 Å². The molecule has 194 valence electrons. The highest BCUT2D eigenvalue weighted by atomic mass is 35.5. The van der Waals surface area contributed by atoms with Gasteiger partial charge in [-0.2, -0.15) is 18.4 Å². The molecule has 1 saturated heterocycles. The molecule has 1 aliphatic heterocycles. The van der Waals surface area contributed by atoms with E-state index in [0.717, 1.165) is 6.20 Å². The second kappa shape index (κ2) is 10.1. The molecule has 11 heteroatoms. The zero-order chi connectivity index (χ0) is 27.1. The maximum absolute atomic E-state index is 14.5. The second-order valence-corrected chi connectivity index (χ2v) is 9.86. The van der Waals surface area contributed by atoms with Crippen LogP contribution in [0.2, 0.25) is 5.02 Å². The van der Waals surface area contributed by atoms with Crippen LogP contribution >= 0.6 is 11.6 Å². The first-order chi connectivity index (χ1) is 17.4. The number of fused-ring (bicyclic) bond motifs is 1. The Morgan fingerprint density at radius 3 is 2.51 bits per heavy atom. The van der Waals surface area contributed by atoms with Gasteiger partial charge in [-0.25, -0.2) is 4.98 Å². The quantitative estimate of drug-likeness (QED) is 0.465. The number of aromatic nitrogens is 2. The summed E-state index contributed by atoms with van der Waals surface area (Å²) in [7, 11) is 1.63. The van der Waals surface area contributed by atoms with Gasteiger partial charge in [0.05, 0.1) is 28.0 Å². The average molecular weight is 532 g/mol. The first-order valence-corrected chi connectivity index (χ1v) is 12.1. The van der Waals surface area contributed by atoms with Gasteiger partial charge in [0.1, 0.15) is 11.7 Å². The molecule has 0 atom stereocenters. The summed E-state index contributed by atoms with van der Waals surface area (Å²) in [5, 5.41) is 11.6. The lowest BCUT2D eigenvalue weighted by molar-refractivity contribution is -0.136. The molecule has 0 aliphatic carbocycles. The molecular formula is C26H25ClF3N5O2. The molecule has 1 aliphatic rings. The second-order valence-electron chi connectivity index (χ2n) is 9.45. The number of benzene rings is 1. The predicted octanol–water partition coefficient (Wildman–Crippen LogP) is 5.73. The minimum Gasteiger partial charge on any atom is -0.342 e. The Kier molecular flexibility index (Phi) is 7.20. The van der Waals surface area contributed by atoms with Crippen molar-refractivity contribution in [3.63, 3.8) is 0 Å². The first kappa shape index (κ1) is 26.5. The van der Waals surface area contributed by atoms with Crippen molar-refractivity contribution in [2.24, 2.45) is 13.0 Å². The Balaban J connectivity index is 1.74. The predicted molar refractivity (Wildman–Crippen MR) is 133 cm³/mol. The van der Waals surface area contributed by atoms with Crippen LogP contribution in [0.15, 0.2) is 30.6 Å². The van der Waals surface area contributed by atoms with E-state index in [1.807, 2.05) is 19.9 Å². The van der Waals surface area contributed by atoms with E-state index in [1.54, 1.807) is 22.7 Å². The molecule has 1 fully saturated rings. The molecule has 0 radical (unpaired) electrons. The van der Waals surface area contributed by atoms with Crippen LogP contribution in [0.25, 0.3) is 11.0 Å². The van der Waals surface area contributed by atoms with Crippen LogP contribution in [-0.2, 0) is 18.0 Å². The molecule has 0 bridgehead atoms. The third kappa shape index (κ3) is 5.14. The maximum Gasteiger partial charge on any atom is 0.419 e. The summed E-state index contributed by atoms with van der Waals surface area (Å²) in [5.41, 5.74) is -0.784. The third-order valence-corrected chi connectivity index (χ3v) is 6.96. The minimum absolute atomic E-state index is 0.00959. The number of pyridine rings is 1. The van der Waals surface area contributed by atoms with Crippen molar-refractivity contribution < 1.29 is 22.8 Å². The Bertz CT molecular complexity index is 1420. The summed E-state index contributed by atoms with van der Waals surface area (Å²) < 4.78 is 45.1. The summed E-state index contributed by atoms with van der Waals surface area (Å²) in [6.07, 6.45) is -1.09. The molecule has 3 heterocycles. The van der Waals surface area contributed by atoms with Crippen molar-refractivity contribution in [1.82, 2.24) is 14.5 Å². The van der Waals surface area contributed by atoms with E-state index in [1.165, 1.54) is 18.2 Å². The monoisotopic (exact) mass is 531 g/mol. The Hall–Kier alpha value is -3.58. The van der Waals surface area contributed by atoms with Gasteiger partial charge in [-0.15, -0.1) is 0 Å². The first-order valence-electron chi connectivity index (χ1n) is 11.8. The molecule has 3 aromatic rings. The molecule has 2 aromatic heterocycles. The molecular weight excluding hydrogens is 507 g/mol. The highest BCUT2D eigenvalue weighted by Crippen LogP contribution is 2.44. The fraction of sp³-hybridized carbons (Fsp3) is 0.385. The van der Waals surface area contributed by atoms with Crippen LogP contribution in [0.4, 0.5) is 18.9 Å². The van der Waals surface area contributed by atoms with Gasteiger partial charge in [0.25, 0.3) is 5.91 Å². The molecule has 4 rings (SSSR count). The van der Waals surface area contributed by atoms with Gasteiger partial charge in [-0.1, -0.05) is 25.4 Å². The average Bonchev–Trinajstić information content (AvgIpc) is 3.19. The summed E-state index contributed by atoms with van der Waals surface area (Å²) in [6.45, 7) is 4.56. The van der Waals surface area contributed by atoms with Gasteiger partial charge in [-0.05, 0) is 42.5 Å². The molecule has 0 saturated carbocycles. The smallest absolute Gasteiger partial charge is 0.342 e. The zero-order valence-corrected chi connectivity index (χ0v) is 21.2. The van der Waals surface area contributed by atoms with Crippen LogP contribution < -0.4 is 5.32 Å². The zero-order valence-electron chi connectivity index (χ0n) is 20.5. The Morgan fingerprint density at radius 1 is 1.24 bits per heavy atom. The number of nitrogens with zero attached hydrogens (tertiary/aromatic N) is 4. The number of rotatable bonds is 4. The maximum atomic E-state index is 14.5. The number of nitriles is 1. The lowest BCUT2D eigenvalue weighted by atomic mass is 9.87. The highest BCUT2D eigenvalue weighted by Gasteiger charge is 2.39. The van der Waals surface area contributed by atoms with Crippen LogP contribution in [0, 0.1) is 17.2 Å². The van der Waals surface area contributed by atoms with E-state index in [2.05, 4.69) is 10.3 Å². The van der Waals surface area contributed by atoms with Crippen LogP contribution in [0.5, 0.6) is 0 Å². The van der Waals surface area contributed by atoms with Crippen LogP contribution in [0.1, 0.15) is 59.7 Å². The van der Waals surface area contributed by atoms with Crippen molar-refractivity contribution in [2.75, 3.05) is 18.4 Å². The number of piperidine rings is 1. The van der Waals surface area contributed by atoms with Crippen molar-refractivity contribution in [3.05, 3.63) is 57.9 Å². The van der Waals surface area contributed by atoms with E-state index in [-0.39, 0.29) is 44.9 Å². The molecule has 1 aromatic carbocycles. The van der Waals surface area contributed by atoms with Gasteiger partial charge in [0, 0.05) is 43.2 Å². The minimum atomic E-state index is -4.79. The highest BCUT2D eigenvalue weighted by molar-refractivity contribution is 6.31. The number of hydrogen-bond donors (Lipinski definition) is 1. The lowest BCUT2D eigenvalue weighted by Gasteiger charge is -2.33. The van der Waals surface area contributed by atoms with Gasteiger partial charge < -0.3 is 14.8 Å². The molecule has 1 N–H and O–H groups in total. The van der Waals surface area contributed by atoms with Gasteiger partial charge in [0.2, 0.25) is 5.91 Å². The number of hydrogen-bond acceptors (Lipinski definition) is 4. The molecule has 0 unspecified atom stereocenters. The molecule has 2 amide bonds. The normalized spacial score (nSPS) is 14.7. The van der Waals surface area contributed by atoms with E-state index in [4.69, 9.17) is 16.9 Å². The lowest BCUT2D eigenvalue weighted by Crippen LogP contribution is -2.40. The Morgan fingerprint density at radius 2 is 1.92 bits per heavy atom. The topological polar surface area (TPSA) is 91.0 Å². The van der Waals surface area contributed by atoms with Crippen molar-refractivity contribution in [1.29, 1.82) is 5.26 Å². The van der Waals surface area contributed by atoms with Crippen molar-refractivity contribution >= 4 is 40.1 Å². The van der Waals surface area contributed by atoms with Crippen molar-refractivity contribution in [3.8, 4) is 6.07 Å². The Labute approximate surface area is 216 Å². The number of carbonyl (C=O) groups excluding carboxylic acids is 2.